The van der Waals surface area contributed by atoms with Crippen LogP contribution in [0.4, 0.5) is 0 Å². The Hall–Kier alpha value is -3.58. The van der Waals surface area contributed by atoms with Crippen LogP contribution in [0.3, 0.4) is 0 Å². The molecule has 1 fully saturated rings. The summed E-state index contributed by atoms with van der Waals surface area (Å²) in [6, 6.07) is 13.7. The van der Waals surface area contributed by atoms with E-state index in [1.165, 1.54) is 12.8 Å². The first-order valence-electron chi connectivity index (χ1n) is 11.0. The fourth-order valence-corrected chi connectivity index (χ4v) is 4.19. The molecule has 0 saturated carbocycles. The lowest BCUT2D eigenvalue weighted by Crippen LogP contribution is -2.38. The molecule has 7 nitrogen and oxygen atoms in total. The van der Waals surface area contributed by atoms with Gasteiger partial charge in [0.05, 0.1) is 28.7 Å². The zero-order valence-electron chi connectivity index (χ0n) is 18.0. The van der Waals surface area contributed by atoms with Crippen LogP contribution in [0.5, 0.6) is 0 Å². The van der Waals surface area contributed by atoms with E-state index < -0.39 is 0 Å². The van der Waals surface area contributed by atoms with Gasteiger partial charge in [0.2, 0.25) is 0 Å². The van der Waals surface area contributed by atoms with Gasteiger partial charge in [-0.2, -0.15) is 5.10 Å². The molecule has 0 amide bonds. The number of pyridine rings is 2. The van der Waals surface area contributed by atoms with E-state index in [1.807, 2.05) is 43.3 Å². The minimum atomic E-state index is -0.324. The third kappa shape index (κ3) is 4.11. The highest BCUT2D eigenvalue weighted by atomic mass is 16.5. The number of hydrogen-bond donors (Lipinski definition) is 2. The molecule has 0 radical (unpaired) electrons. The number of carbonyl (C=O) groups excluding carboxylic acids is 1. The molecule has 0 aliphatic carbocycles. The molecule has 1 saturated heterocycles. The summed E-state index contributed by atoms with van der Waals surface area (Å²) >= 11 is 0. The maximum atomic E-state index is 12.9. The van der Waals surface area contributed by atoms with Crippen LogP contribution in [0.1, 0.15) is 35.3 Å². The summed E-state index contributed by atoms with van der Waals surface area (Å²) in [5.41, 5.74) is 5.71. The molecule has 0 unspecified atom stereocenters. The van der Waals surface area contributed by atoms with Crippen LogP contribution in [-0.4, -0.2) is 45.3 Å². The molecule has 4 aromatic rings. The predicted molar refractivity (Wildman–Crippen MR) is 123 cm³/mol. The lowest BCUT2D eigenvalue weighted by Gasteiger charge is -2.23. The third-order valence-electron chi connectivity index (χ3n) is 5.88. The van der Waals surface area contributed by atoms with Gasteiger partial charge in [0, 0.05) is 28.9 Å². The number of hydrogen-bond acceptors (Lipinski definition) is 6. The number of nitrogens with zero attached hydrogens (tertiary/aromatic N) is 3. The Morgan fingerprint density at radius 2 is 2.12 bits per heavy atom. The van der Waals surface area contributed by atoms with Crippen molar-refractivity contribution in [1.82, 2.24) is 25.5 Å². The smallest absolute Gasteiger partial charge is 0.338 e. The average molecular weight is 428 g/mol. The maximum Gasteiger partial charge on any atom is 0.338 e. The molecule has 1 atom stereocenters. The molecular formula is C25H25N5O2. The Morgan fingerprint density at radius 3 is 2.97 bits per heavy atom. The van der Waals surface area contributed by atoms with Gasteiger partial charge in [0.1, 0.15) is 6.61 Å². The molecule has 3 aromatic heterocycles. The highest BCUT2D eigenvalue weighted by Crippen LogP contribution is 2.32. The van der Waals surface area contributed by atoms with Crippen LogP contribution in [0.2, 0.25) is 0 Å². The van der Waals surface area contributed by atoms with Crippen molar-refractivity contribution in [2.24, 2.45) is 0 Å². The van der Waals surface area contributed by atoms with Crippen molar-refractivity contribution < 1.29 is 9.53 Å². The van der Waals surface area contributed by atoms with E-state index in [4.69, 9.17) is 4.74 Å². The molecule has 5 rings (SSSR count). The summed E-state index contributed by atoms with van der Waals surface area (Å²) < 4.78 is 5.65. The Bertz CT molecular complexity index is 1260. The van der Waals surface area contributed by atoms with Crippen LogP contribution in [0.15, 0.2) is 54.9 Å². The van der Waals surface area contributed by atoms with Crippen LogP contribution in [-0.2, 0) is 4.74 Å². The van der Waals surface area contributed by atoms with Crippen molar-refractivity contribution in [3.63, 3.8) is 0 Å². The van der Waals surface area contributed by atoms with Crippen molar-refractivity contribution in [1.29, 1.82) is 0 Å². The molecule has 1 aliphatic rings. The minimum absolute atomic E-state index is 0.228. The van der Waals surface area contributed by atoms with Gasteiger partial charge in [-0.25, -0.2) is 4.79 Å². The standard InChI is InChI=1S/C25H25N5O2/c1-16-5-4-7-23(29-16)24-21(14-28-30-24)17-8-9-22-20(13-17)19(10-12-27-22)25(31)32-15-18-6-2-3-11-26-18/h4-5,7-10,12-14,18,26H,2-3,6,11,15H2,1H3,(H,28,30)/t18-/m1/s1. The number of esters is 1. The van der Waals surface area contributed by atoms with E-state index in [1.54, 1.807) is 18.5 Å². The van der Waals surface area contributed by atoms with Crippen molar-refractivity contribution in [3.8, 4) is 22.5 Å². The third-order valence-corrected chi connectivity index (χ3v) is 5.88. The predicted octanol–water partition coefficient (Wildman–Crippen LogP) is 4.29. The molecule has 32 heavy (non-hydrogen) atoms. The molecule has 1 aromatic carbocycles. The number of carbonyl (C=O) groups is 1. The van der Waals surface area contributed by atoms with Crippen molar-refractivity contribution in [2.45, 2.75) is 32.2 Å². The van der Waals surface area contributed by atoms with Crippen LogP contribution in [0, 0.1) is 6.92 Å². The number of rotatable bonds is 5. The van der Waals surface area contributed by atoms with Gasteiger partial charge in [-0.05, 0) is 62.2 Å². The first-order valence-corrected chi connectivity index (χ1v) is 11.0. The Morgan fingerprint density at radius 1 is 1.19 bits per heavy atom. The number of benzene rings is 1. The topological polar surface area (TPSA) is 92.8 Å². The highest BCUT2D eigenvalue weighted by molar-refractivity contribution is 6.04. The average Bonchev–Trinajstić information content (AvgIpc) is 3.32. The van der Waals surface area contributed by atoms with E-state index in [9.17, 15) is 4.79 Å². The fourth-order valence-electron chi connectivity index (χ4n) is 4.19. The number of ether oxygens (including phenoxy) is 1. The van der Waals surface area contributed by atoms with Gasteiger partial charge in [-0.1, -0.05) is 18.6 Å². The van der Waals surface area contributed by atoms with Crippen molar-refractivity contribution in [3.05, 3.63) is 66.1 Å². The Labute approximate surface area is 186 Å². The highest BCUT2D eigenvalue weighted by Gasteiger charge is 2.18. The van der Waals surface area contributed by atoms with Crippen molar-refractivity contribution >= 4 is 16.9 Å². The second-order valence-electron chi connectivity index (χ2n) is 8.16. The summed E-state index contributed by atoms with van der Waals surface area (Å²) in [7, 11) is 0. The monoisotopic (exact) mass is 427 g/mol. The molecule has 0 spiro atoms. The minimum Gasteiger partial charge on any atom is -0.460 e. The number of H-pyrrole nitrogens is 1. The number of aromatic nitrogens is 4. The number of nitrogens with one attached hydrogen (secondary N) is 2. The Balaban J connectivity index is 1.47. The van der Waals surface area contributed by atoms with Gasteiger partial charge < -0.3 is 10.1 Å². The van der Waals surface area contributed by atoms with Gasteiger partial charge in [0.15, 0.2) is 0 Å². The maximum absolute atomic E-state index is 12.9. The fraction of sp³-hybridized carbons (Fsp3) is 0.280. The number of aryl methyl sites for hydroxylation is 1. The van der Waals surface area contributed by atoms with Crippen LogP contribution < -0.4 is 5.32 Å². The van der Waals surface area contributed by atoms with E-state index in [2.05, 4.69) is 25.5 Å². The largest absolute Gasteiger partial charge is 0.460 e. The molecular weight excluding hydrogens is 402 g/mol. The second kappa shape index (κ2) is 8.88. The summed E-state index contributed by atoms with van der Waals surface area (Å²) in [6.07, 6.45) is 6.81. The van der Waals surface area contributed by atoms with Crippen molar-refractivity contribution in [2.75, 3.05) is 13.2 Å². The Kier molecular flexibility index (Phi) is 5.64. The van der Waals surface area contributed by atoms with Gasteiger partial charge >= 0.3 is 5.97 Å². The molecule has 1 aliphatic heterocycles. The number of aromatic amines is 1. The summed E-state index contributed by atoms with van der Waals surface area (Å²) in [5.74, 6) is -0.324. The molecule has 0 bridgehead atoms. The normalized spacial score (nSPS) is 16.2. The zero-order valence-corrected chi connectivity index (χ0v) is 18.0. The van der Waals surface area contributed by atoms with E-state index in [0.29, 0.717) is 12.2 Å². The van der Waals surface area contributed by atoms with Gasteiger partial charge in [-0.3, -0.25) is 15.1 Å². The quantitative estimate of drug-likeness (QED) is 0.462. The van der Waals surface area contributed by atoms with E-state index >= 15 is 0 Å². The summed E-state index contributed by atoms with van der Waals surface area (Å²) in [5, 5.41) is 11.5. The molecule has 4 heterocycles. The summed E-state index contributed by atoms with van der Waals surface area (Å²) in [6.45, 7) is 3.32. The first-order chi connectivity index (χ1) is 15.7. The molecule has 7 heteroatoms. The lowest BCUT2D eigenvalue weighted by molar-refractivity contribution is 0.0453. The van der Waals surface area contributed by atoms with E-state index in [0.717, 1.165) is 52.1 Å². The number of fused-ring (bicyclic) bond motifs is 1. The summed E-state index contributed by atoms with van der Waals surface area (Å²) in [4.78, 5) is 22.0. The second-order valence-corrected chi connectivity index (χ2v) is 8.16. The first kappa shape index (κ1) is 20.3. The lowest BCUT2D eigenvalue weighted by atomic mass is 10.00. The van der Waals surface area contributed by atoms with Gasteiger partial charge in [-0.15, -0.1) is 0 Å². The SMILES string of the molecule is Cc1cccc(-c2[nH]ncc2-c2ccc3nccc(C(=O)OC[C@H]4CCCCN4)c3c2)n1. The number of piperidine rings is 1. The molecule has 162 valence electrons. The van der Waals surface area contributed by atoms with Crippen LogP contribution in [0.25, 0.3) is 33.4 Å². The zero-order chi connectivity index (χ0) is 21.9. The van der Waals surface area contributed by atoms with E-state index in [-0.39, 0.29) is 12.0 Å². The van der Waals surface area contributed by atoms with Gasteiger partial charge in [0.25, 0.3) is 0 Å². The van der Waals surface area contributed by atoms with Crippen LogP contribution >= 0.6 is 0 Å². The molecule has 2 N–H and O–H groups in total.